The van der Waals surface area contributed by atoms with Crippen molar-refractivity contribution >= 4 is 28.4 Å². The molecule has 0 saturated carbocycles. The van der Waals surface area contributed by atoms with Gasteiger partial charge in [0.15, 0.2) is 0 Å². The Kier molecular flexibility index (Phi) is 6.69. The molecule has 26 heavy (non-hydrogen) atoms. The second-order valence-electron chi connectivity index (χ2n) is 6.96. The predicted octanol–water partition coefficient (Wildman–Crippen LogP) is 3.82. The van der Waals surface area contributed by atoms with Crippen LogP contribution in [0.5, 0.6) is 0 Å². The number of nitrogens with one attached hydrogen (secondary N) is 1. The molecule has 0 aliphatic rings. The maximum absolute atomic E-state index is 12.4. The number of carboxylic acids is 1. The average Bonchev–Trinajstić information content (AvgIpc) is 2.54. The van der Waals surface area contributed by atoms with Crippen LogP contribution in [0.2, 0.25) is 0 Å². The number of rotatable bonds is 8. The van der Waals surface area contributed by atoms with Crippen molar-refractivity contribution in [2.75, 3.05) is 5.32 Å². The molecule has 0 aromatic heterocycles. The maximum atomic E-state index is 12.4. The molecule has 1 unspecified atom stereocenters. The highest BCUT2D eigenvalue weighted by Crippen LogP contribution is 2.26. The van der Waals surface area contributed by atoms with Gasteiger partial charge in [-0.25, -0.2) is 0 Å². The fourth-order valence-corrected chi connectivity index (χ4v) is 3.77. The van der Waals surface area contributed by atoms with Gasteiger partial charge >= 0.3 is 5.97 Å². The van der Waals surface area contributed by atoms with Crippen LogP contribution in [-0.2, 0) is 26.1 Å². The van der Waals surface area contributed by atoms with Crippen molar-refractivity contribution in [3.63, 3.8) is 0 Å². The van der Waals surface area contributed by atoms with E-state index in [1.165, 1.54) is 0 Å². The third-order valence-electron chi connectivity index (χ3n) is 3.78. The molecule has 0 spiro atoms. The molecule has 2 aromatic carbocycles. The lowest BCUT2D eigenvalue weighted by Gasteiger charge is -2.21. The van der Waals surface area contributed by atoms with Gasteiger partial charge in [0, 0.05) is 17.0 Å². The normalized spacial score (nSPS) is 12.4. The number of hydrogen-bond acceptors (Lipinski definition) is 3. The smallest absolute Gasteiger partial charge is 0.303 e. The van der Waals surface area contributed by atoms with Crippen molar-refractivity contribution in [1.82, 2.24) is 0 Å². The molecule has 0 bridgehead atoms. The van der Waals surface area contributed by atoms with Crippen molar-refractivity contribution < 1.29 is 18.9 Å². The highest BCUT2D eigenvalue weighted by atomic mass is 32.2. The molecule has 0 heterocycles. The van der Waals surface area contributed by atoms with Crippen molar-refractivity contribution in [1.29, 1.82) is 0 Å². The van der Waals surface area contributed by atoms with Crippen LogP contribution in [-0.4, -0.2) is 21.2 Å². The lowest BCUT2D eigenvalue weighted by Crippen LogP contribution is -2.24. The van der Waals surface area contributed by atoms with Gasteiger partial charge in [-0.2, -0.15) is 0 Å². The van der Waals surface area contributed by atoms with Gasteiger partial charge in [-0.05, 0) is 35.2 Å². The third kappa shape index (κ3) is 6.44. The Balaban J connectivity index is 1.99. The summed E-state index contributed by atoms with van der Waals surface area (Å²) < 4.78 is 12.4. The van der Waals surface area contributed by atoms with E-state index >= 15 is 0 Å². The van der Waals surface area contributed by atoms with Gasteiger partial charge in [0.1, 0.15) is 0 Å². The van der Waals surface area contributed by atoms with E-state index in [2.05, 4.69) is 5.32 Å². The van der Waals surface area contributed by atoms with E-state index < -0.39 is 22.2 Å². The lowest BCUT2D eigenvalue weighted by atomic mass is 9.85. The second kappa shape index (κ2) is 8.76. The monoisotopic (exact) mass is 373 g/mol. The van der Waals surface area contributed by atoms with Crippen LogP contribution in [0.4, 0.5) is 5.69 Å². The van der Waals surface area contributed by atoms with Crippen molar-refractivity contribution in [3.8, 4) is 0 Å². The average molecular weight is 373 g/mol. The van der Waals surface area contributed by atoms with E-state index in [1.54, 1.807) is 32.0 Å². The summed E-state index contributed by atoms with van der Waals surface area (Å²) in [5.74, 6) is -0.802. The van der Waals surface area contributed by atoms with Crippen LogP contribution < -0.4 is 5.32 Å². The minimum atomic E-state index is -1.16. The molecule has 0 aliphatic heterocycles. The number of benzene rings is 2. The summed E-state index contributed by atoms with van der Waals surface area (Å²) in [4.78, 5) is 23.8. The first kappa shape index (κ1) is 19.8. The molecule has 2 aromatic rings. The lowest BCUT2D eigenvalue weighted by molar-refractivity contribution is -0.139. The van der Waals surface area contributed by atoms with Crippen LogP contribution in [0, 0.1) is 5.41 Å². The molecular formula is C20H23NO4S. The van der Waals surface area contributed by atoms with Crippen molar-refractivity contribution in [2.45, 2.75) is 37.3 Å². The minimum absolute atomic E-state index is 0.0729. The Hall–Kier alpha value is -2.47. The molecule has 0 saturated heterocycles. The van der Waals surface area contributed by atoms with Crippen LogP contribution in [0.1, 0.15) is 32.3 Å². The number of hydrogen-bond donors (Lipinski definition) is 2. The summed E-state index contributed by atoms with van der Waals surface area (Å²) in [7, 11) is -1.16. The summed E-state index contributed by atoms with van der Waals surface area (Å²) in [5.41, 5.74) is 0.848. The van der Waals surface area contributed by atoms with E-state index in [0.717, 1.165) is 10.5 Å². The molecule has 0 aliphatic carbocycles. The highest BCUT2D eigenvalue weighted by Gasteiger charge is 2.25. The SMILES string of the molecule is CC(C)(CC(=O)O)CC(=O)Nc1cccc(CS(=O)c2ccccc2)c1. The number of amides is 1. The number of carboxylic acid groups (broad SMARTS) is 1. The number of aliphatic carboxylic acids is 1. The minimum Gasteiger partial charge on any atom is -0.481 e. The van der Waals surface area contributed by atoms with E-state index in [9.17, 15) is 13.8 Å². The van der Waals surface area contributed by atoms with Crippen LogP contribution in [0.25, 0.3) is 0 Å². The summed E-state index contributed by atoms with van der Waals surface area (Å²) in [6.07, 6.45) is 0.0377. The number of carbonyl (C=O) groups is 2. The Morgan fingerprint density at radius 2 is 1.73 bits per heavy atom. The summed E-state index contributed by atoms with van der Waals surface area (Å²) >= 11 is 0. The molecule has 1 atom stereocenters. The summed E-state index contributed by atoms with van der Waals surface area (Å²) in [5, 5.41) is 11.7. The fraction of sp³-hybridized carbons (Fsp3) is 0.300. The van der Waals surface area contributed by atoms with Gasteiger partial charge < -0.3 is 10.4 Å². The molecule has 0 radical (unpaired) electrons. The van der Waals surface area contributed by atoms with E-state index in [0.29, 0.717) is 11.4 Å². The van der Waals surface area contributed by atoms with Gasteiger partial charge in [-0.3, -0.25) is 13.8 Å². The molecule has 1 amide bonds. The topological polar surface area (TPSA) is 83.5 Å². The Morgan fingerprint density at radius 1 is 1.04 bits per heavy atom. The first-order valence-electron chi connectivity index (χ1n) is 8.29. The van der Waals surface area contributed by atoms with Crippen LogP contribution in [0.15, 0.2) is 59.5 Å². The third-order valence-corrected chi connectivity index (χ3v) is 5.18. The molecule has 2 rings (SSSR count). The zero-order valence-electron chi connectivity index (χ0n) is 14.9. The predicted molar refractivity (Wildman–Crippen MR) is 102 cm³/mol. The Labute approximate surface area is 155 Å². The molecule has 6 heteroatoms. The highest BCUT2D eigenvalue weighted by molar-refractivity contribution is 7.84. The zero-order chi connectivity index (χ0) is 19.2. The van der Waals surface area contributed by atoms with Crippen molar-refractivity contribution in [3.05, 3.63) is 60.2 Å². The molecule has 2 N–H and O–H groups in total. The molecular weight excluding hydrogens is 350 g/mol. The zero-order valence-corrected chi connectivity index (χ0v) is 15.7. The van der Waals surface area contributed by atoms with E-state index in [1.807, 2.05) is 36.4 Å². The largest absolute Gasteiger partial charge is 0.481 e. The number of carbonyl (C=O) groups excluding carboxylic acids is 1. The van der Waals surface area contributed by atoms with Gasteiger partial charge in [-0.15, -0.1) is 0 Å². The second-order valence-corrected chi connectivity index (χ2v) is 8.41. The van der Waals surface area contributed by atoms with Crippen LogP contribution >= 0.6 is 0 Å². The molecule has 5 nitrogen and oxygen atoms in total. The Morgan fingerprint density at radius 3 is 2.38 bits per heavy atom. The van der Waals surface area contributed by atoms with Crippen LogP contribution in [0.3, 0.4) is 0 Å². The quantitative estimate of drug-likeness (QED) is 0.737. The summed E-state index contributed by atoms with van der Waals surface area (Å²) in [6, 6.07) is 16.5. The summed E-state index contributed by atoms with van der Waals surface area (Å²) in [6.45, 7) is 3.50. The van der Waals surface area contributed by atoms with Gasteiger partial charge in [0.05, 0.1) is 23.0 Å². The maximum Gasteiger partial charge on any atom is 0.303 e. The van der Waals surface area contributed by atoms with E-state index in [4.69, 9.17) is 5.11 Å². The van der Waals surface area contributed by atoms with Gasteiger partial charge in [0.2, 0.25) is 5.91 Å². The standard InChI is InChI=1S/C20H23NO4S/c1-20(2,13-19(23)24)12-18(22)21-16-8-6-7-15(11-16)14-26(25)17-9-4-3-5-10-17/h3-11H,12-14H2,1-2H3,(H,21,22)(H,23,24). The van der Waals surface area contributed by atoms with Crippen molar-refractivity contribution in [2.24, 2.45) is 5.41 Å². The molecule has 138 valence electrons. The number of anilines is 1. The first-order chi connectivity index (χ1) is 12.2. The Bertz CT molecular complexity index is 802. The first-order valence-corrected chi connectivity index (χ1v) is 9.61. The molecule has 0 fully saturated rings. The van der Waals surface area contributed by atoms with Gasteiger partial charge in [-0.1, -0.05) is 44.2 Å². The fourth-order valence-electron chi connectivity index (χ4n) is 2.66. The van der Waals surface area contributed by atoms with E-state index in [-0.39, 0.29) is 18.7 Å². The van der Waals surface area contributed by atoms with Gasteiger partial charge in [0.25, 0.3) is 0 Å².